The number of rotatable bonds is 30. The second kappa shape index (κ2) is 31.4. The number of unbranched alkanes of at least 4 members (excludes halogenated alkanes) is 20. The van der Waals surface area contributed by atoms with Crippen molar-refractivity contribution in [3.05, 3.63) is 0 Å². The van der Waals surface area contributed by atoms with Crippen molar-refractivity contribution in [2.75, 3.05) is 39.9 Å². The smallest absolute Gasteiger partial charge is 0.131 e. The molecule has 0 N–H and O–H groups in total. The van der Waals surface area contributed by atoms with Crippen molar-refractivity contribution in [3.63, 3.8) is 0 Å². The summed E-state index contributed by atoms with van der Waals surface area (Å²) < 4.78 is 1.16. The molecule has 0 heterocycles. The molecule has 0 aliphatic heterocycles. The Morgan fingerprint density at radius 2 is 0.667 bits per heavy atom. The Hall–Kier alpha value is 0.170. The molecule has 0 aromatic carbocycles. The van der Waals surface area contributed by atoms with Gasteiger partial charge in [-0.1, -0.05) is 136 Å². The number of hydrogen-bond acceptors (Lipinski definition) is 2. The van der Waals surface area contributed by atoms with E-state index in [0.29, 0.717) is 0 Å². The molecule has 0 saturated carbocycles. The van der Waals surface area contributed by atoms with Crippen molar-refractivity contribution < 1.29 is 26.7 Å². The Balaban J connectivity index is 0. The first kappa shape index (κ1) is 38.3. The molecule has 0 aromatic heterocycles. The van der Waals surface area contributed by atoms with Crippen LogP contribution < -0.4 is 12.4 Å². The summed E-state index contributed by atoms with van der Waals surface area (Å²) >= 11 is 0. The lowest BCUT2D eigenvalue weighted by Crippen LogP contribution is -3.00. The molecule has 0 aliphatic rings. The molecular weight excluding hydrogens is 466 g/mol. The molecule has 0 aliphatic carbocycles. The normalized spacial score (nSPS) is 11.7. The lowest BCUT2D eigenvalue weighted by atomic mass is 10.1. The summed E-state index contributed by atoms with van der Waals surface area (Å²) in [5.41, 5.74) is 0. The van der Waals surface area contributed by atoms with Crippen LogP contribution in [-0.4, -0.2) is 44.4 Å². The van der Waals surface area contributed by atoms with E-state index < -0.39 is 0 Å². The zero-order valence-electron chi connectivity index (χ0n) is 25.4. The second-order valence-corrected chi connectivity index (χ2v) is 11.5. The van der Waals surface area contributed by atoms with Crippen LogP contribution in [0.15, 0.2) is 0 Å². The van der Waals surface area contributed by atoms with E-state index in [2.05, 4.69) is 27.8 Å². The first-order chi connectivity index (χ1) is 17.2. The molecule has 0 fully saturated rings. The largest absolute Gasteiger partial charge is 1.00 e. The molecule has 0 rings (SSSR count). The fourth-order valence-electron chi connectivity index (χ4n) is 5.08. The molecule has 220 valence electrons. The Kier molecular flexibility index (Phi) is 33.4. The summed E-state index contributed by atoms with van der Waals surface area (Å²) in [5.74, 6) is 0. The number of quaternary nitrogens is 1. The van der Waals surface area contributed by atoms with Crippen LogP contribution in [-0.2, 0) is 9.78 Å². The van der Waals surface area contributed by atoms with Gasteiger partial charge in [0.25, 0.3) is 0 Å². The van der Waals surface area contributed by atoms with Crippen LogP contribution in [0.2, 0.25) is 0 Å². The topological polar surface area (TPSA) is 18.5 Å². The molecule has 0 bridgehead atoms. The van der Waals surface area contributed by atoms with Gasteiger partial charge in [0.05, 0.1) is 26.7 Å². The van der Waals surface area contributed by atoms with E-state index in [-0.39, 0.29) is 12.4 Å². The van der Waals surface area contributed by atoms with E-state index in [1.807, 2.05) is 0 Å². The van der Waals surface area contributed by atoms with Gasteiger partial charge in [-0.25, -0.2) is 9.78 Å². The van der Waals surface area contributed by atoms with Crippen molar-refractivity contribution in [1.29, 1.82) is 0 Å². The first-order valence-electron chi connectivity index (χ1n) is 16.3. The van der Waals surface area contributed by atoms with Gasteiger partial charge in [-0.3, -0.25) is 0 Å². The predicted molar refractivity (Wildman–Crippen MR) is 156 cm³/mol. The van der Waals surface area contributed by atoms with Gasteiger partial charge in [-0.15, -0.1) is 0 Å². The van der Waals surface area contributed by atoms with Gasteiger partial charge in [0, 0.05) is 0 Å². The predicted octanol–water partition coefficient (Wildman–Crippen LogP) is 7.42. The van der Waals surface area contributed by atoms with Crippen molar-refractivity contribution >= 4 is 0 Å². The molecule has 0 spiro atoms. The minimum Gasteiger partial charge on any atom is -1.00 e. The van der Waals surface area contributed by atoms with Gasteiger partial charge in [-0.05, 0) is 32.1 Å². The third kappa shape index (κ3) is 28.7. The zero-order chi connectivity index (χ0) is 25.7. The molecule has 0 aromatic rings. The lowest BCUT2D eigenvalue weighted by molar-refractivity contribution is -0.911. The summed E-state index contributed by atoms with van der Waals surface area (Å²) in [7, 11) is 2.46. The molecule has 3 nitrogen and oxygen atoms in total. The standard InChI is InChI=1S/C32H68NO2.ClH/c1-5-8-11-13-15-17-19-21-23-25-28-33(4,30-32-35-34-31-27-10-7-3)29-26-24-22-20-18-16-14-12-9-6-2;/h5-32H2,1-4H3;1H/q+1;/p-1. The van der Waals surface area contributed by atoms with Crippen molar-refractivity contribution in [1.82, 2.24) is 0 Å². The SMILES string of the molecule is CCCCCCCCCCCC[N+](C)(CCCCCCCCCCCC)CCOOCCCCC.[Cl-]. The third-order valence-corrected chi connectivity index (χ3v) is 7.73. The molecule has 0 radical (unpaired) electrons. The minimum atomic E-state index is 0. The minimum absolute atomic E-state index is 0. The van der Waals surface area contributed by atoms with E-state index in [0.717, 1.165) is 30.7 Å². The maximum Gasteiger partial charge on any atom is 0.131 e. The average molecular weight is 534 g/mol. The van der Waals surface area contributed by atoms with Gasteiger partial charge in [0.15, 0.2) is 0 Å². The molecular formula is C32H68ClNO2. The van der Waals surface area contributed by atoms with Crippen LogP contribution in [0.1, 0.15) is 168 Å². The number of halogens is 1. The van der Waals surface area contributed by atoms with Crippen LogP contribution in [0, 0.1) is 0 Å². The van der Waals surface area contributed by atoms with Gasteiger partial charge in [0.2, 0.25) is 0 Å². The lowest BCUT2D eigenvalue weighted by Gasteiger charge is -2.34. The summed E-state index contributed by atoms with van der Waals surface area (Å²) in [4.78, 5) is 11.0. The Morgan fingerprint density at radius 1 is 0.361 bits per heavy atom. The molecule has 4 heteroatoms. The highest BCUT2D eigenvalue weighted by atomic mass is 35.5. The number of nitrogens with zero attached hydrogens (tertiary/aromatic N) is 1. The van der Waals surface area contributed by atoms with Crippen LogP contribution >= 0.6 is 0 Å². The summed E-state index contributed by atoms with van der Waals surface area (Å²) in [5, 5.41) is 0. The van der Waals surface area contributed by atoms with Gasteiger partial charge in [0.1, 0.15) is 13.2 Å². The highest BCUT2D eigenvalue weighted by Crippen LogP contribution is 2.15. The highest BCUT2D eigenvalue weighted by Gasteiger charge is 2.20. The van der Waals surface area contributed by atoms with E-state index in [1.165, 1.54) is 154 Å². The molecule has 0 unspecified atom stereocenters. The molecule has 0 amide bonds. The Morgan fingerprint density at radius 3 is 1.06 bits per heavy atom. The van der Waals surface area contributed by atoms with Crippen LogP contribution in [0.25, 0.3) is 0 Å². The molecule has 0 atom stereocenters. The van der Waals surface area contributed by atoms with Crippen molar-refractivity contribution in [3.8, 4) is 0 Å². The van der Waals surface area contributed by atoms with Crippen LogP contribution in [0.4, 0.5) is 0 Å². The number of hydrogen-bond donors (Lipinski definition) is 0. The molecule has 0 saturated heterocycles. The zero-order valence-corrected chi connectivity index (χ0v) is 26.2. The van der Waals surface area contributed by atoms with Gasteiger partial charge < -0.3 is 16.9 Å². The van der Waals surface area contributed by atoms with Crippen molar-refractivity contribution in [2.45, 2.75) is 168 Å². The number of likely N-dealkylation sites (N-methyl/N-ethyl adjacent to an activating group) is 1. The summed E-state index contributed by atoms with van der Waals surface area (Å²) in [6, 6.07) is 0. The summed E-state index contributed by atoms with van der Waals surface area (Å²) in [6.45, 7) is 12.0. The molecule has 36 heavy (non-hydrogen) atoms. The second-order valence-electron chi connectivity index (χ2n) is 11.5. The van der Waals surface area contributed by atoms with Crippen LogP contribution in [0.5, 0.6) is 0 Å². The van der Waals surface area contributed by atoms with E-state index in [1.54, 1.807) is 0 Å². The van der Waals surface area contributed by atoms with Crippen molar-refractivity contribution in [2.24, 2.45) is 0 Å². The van der Waals surface area contributed by atoms with E-state index in [4.69, 9.17) is 9.78 Å². The maximum atomic E-state index is 5.56. The first-order valence-corrected chi connectivity index (χ1v) is 16.3. The average Bonchev–Trinajstić information content (AvgIpc) is 2.86. The fourth-order valence-corrected chi connectivity index (χ4v) is 5.08. The van der Waals surface area contributed by atoms with Gasteiger partial charge in [-0.2, -0.15) is 0 Å². The quantitative estimate of drug-likeness (QED) is 0.0414. The van der Waals surface area contributed by atoms with E-state index >= 15 is 0 Å². The highest BCUT2D eigenvalue weighted by molar-refractivity contribution is 4.51. The monoisotopic (exact) mass is 533 g/mol. The summed E-state index contributed by atoms with van der Waals surface area (Å²) in [6.07, 6.45) is 31.9. The van der Waals surface area contributed by atoms with Crippen LogP contribution in [0.3, 0.4) is 0 Å². The maximum absolute atomic E-state index is 5.56. The van der Waals surface area contributed by atoms with Gasteiger partial charge >= 0.3 is 0 Å². The fraction of sp³-hybridized carbons (Fsp3) is 1.00. The third-order valence-electron chi connectivity index (χ3n) is 7.73. The Labute approximate surface area is 234 Å². The van der Waals surface area contributed by atoms with E-state index in [9.17, 15) is 0 Å². The Bertz CT molecular complexity index is 370.